The van der Waals surface area contributed by atoms with Gasteiger partial charge >= 0.3 is 5.97 Å². The van der Waals surface area contributed by atoms with Crippen LogP contribution in [-0.2, 0) is 26.1 Å². The number of allylic oxidation sites excluding steroid dienone is 1. The number of hydrogen-bond donors (Lipinski definition) is 3. The summed E-state index contributed by atoms with van der Waals surface area (Å²) in [7, 11) is -3.81. The molecule has 0 atom stereocenters. The van der Waals surface area contributed by atoms with E-state index in [-0.39, 0.29) is 28.3 Å². The summed E-state index contributed by atoms with van der Waals surface area (Å²) in [4.78, 5) is 23.5. The summed E-state index contributed by atoms with van der Waals surface area (Å²) >= 11 is 0. The number of sulfonamides is 1. The summed E-state index contributed by atoms with van der Waals surface area (Å²) in [5.41, 5.74) is -0.316. The number of hydrogen-bond acceptors (Lipinski definition) is 8. The lowest BCUT2D eigenvalue weighted by atomic mass is 10.1. The molecule has 0 fully saturated rings. The van der Waals surface area contributed by atoms with Crippen LogP contribution < -0.4 is 4.72 Å². The summed E-state index contributed by atoms with van der Waals surface area (Å²) in [6.07, 6.45) is 1.43. The number of benzene rings is 1. The molecule has 10 heteroatoms. The zero-order valence-electron chi connectivity index (χ0n) is 15.8. The standard InChI is InChI=1S/C19H20N2O7S/c1-12(20)18(13(2)22)17(23)11-28-19(24)14-5-7-16(8-6-14)29(25,26)21-10-15-4-3-9-27-15/h3-9,20-21,23H,10-11H2,1-2H3/b18-17-,20-12?. The lowest BCUT2D eigenvalue weighted by Crippen LogP contribution is -2.23. The zero-order valence-corrected chi connectivity index (χ0v) is 16.6. The molecule has 0 aliphatic heterocycles. The molecule has 1 heterocycles. The maximum Gasteiger partial charge on any atom is 0.338 e. The molecular formula is C19H20N2O7S. The Morgan fingerprint density at radius 1 is 1.17 bits per heavy atom. The predicted molar refractivity (Wildman–Crippen MR) is 103 cm³/mol. The minimum atomic E-state index is -3.81. The van der Waals surface area contributed by atoms with Crippen molar-refractivity contribution in [1.29, 1.82) is 5.41 Å². The molecule has 2 aromatic rings. The Labute approximate surface area is 167 Å². The molecule has 0 radical (unpaired) electrons. The van der Waals surface area contributed by atoms with E-state index in [2.05, 4.69) is 4.72 Å². The van der Waals surface area contributed by atoms with Crippen LogP contribution in [0.5, 0.6) is 0 Å². The fraction of sp³-hybridized carbons (Fsp3) is 0.211. The van der Waals surface area contributed by atoms with Crippen LogP contribution in [0, 0.1) is 5.41 Å². The smallest absolute Gasteiger partial charge is 0.338 e. The summed E-state index contributed by atoms with van der Waals surface area (Å²) in [6, 6.07) is 8.26. The quantitative estimate of drug-likeness (QED) is 0.244. The van der Waals surface area contributed by atoms with Crippen LogP contribution in [0.2, 0.25) is 0 Å². The minimum absolute atomic E-state index is 0.0182. The van der Waals surface area contributed by atoms with Gasteiger partial charge < -0.3 is 19.7 Å². The summed E-state index contributed by atoms with van der Waals surface area (Å²) < 4.78 is 36.9. The van der Waals surface area contributed by atoms with Gasteiger partial charge in [0.25, 0.3) is 0 Å². The van der Waals surface area contributed by atoms with Crippen molar-refractivity contribution in [3.05, 3.63) is 65.3 Å². The van der Waals surface area contributed by atoms with Crippen molar-refractivity contribution < 1.29 is 32.3 Å². The fourth-order valence-electron chi connectivity index (χ4n) is 2.41. The third kappa shape index (κ3) is 5.87. The summed E-state index contributed by atoms with van der Waals surface area (Å²) in [5, 5.41) is 17.4. The number of ketones is 1. The minimum Gasteiger partial charge on any atom is -0.508 e. The van der Waals surface area contributed by atoms with Gasteiger partial charge in [0.1, 0.15) is 18.1 Å². The van der Waals surface area contributed by atoms with Gasteiger partial charge in [-0.3, -0.25) is 4.79 Å². The number of ether oxygens (including phenoxy) is 1. The molecule has 0 unspecified atom stereocenters. The van der Waals surface area contributed by atoms with Crippen LogP contribution in [0.25, 0.3) is 0 Å². The molecule has 0 aliphatic carbocycles. The van der Waals surface area contributed by atoms with Gasteiger partial charge in [0.05, 0.1) is 28.8 Å². The van der Waals surface area contributed by atoms with E-state index in [1.54, 1.807) is 12.1 Å². The van der Waals surface area contributed by atoms with Gasteiger partial charge in [-0.1, -0.05) is 0 Å². The Bertz CT molecular complexity index is 1020. The normalized spacial score (nSPS) is 12.2. The average molecular weight is 420 g/mol. The van der Waals surface area contributed by atoms with Crippen molar-refractivity contribution in [2.45, 2.75) is 25.3 Å². The van der Waals surface area contributed by atoms with Gasteiger partial charge in [0.2, 0.25) is 10.0 Å². The molecule has 1 aromatic carbocycles. The molecule has 0 amide bonds. The van der Waals surface area contributed by atoms with E-state index in [1.807, 2.05) is 0 Å². The third-order valence-electron chi connectivity index (χ3n) is 3.77. The van der Waals surface area contributed by atoms with Crippen molar-refractivity contribution in [3.8, 4) is 0 Å². The van der Waals surface area contributed by atoms with Crippen LogP contribution >= 0.6 is 0 Å². The second-order valence-electron chi connectivity index (χ2n) is 6.01. The van der Waals surface area contributed by atoms with Crippen molar-refractivity contribution in [1.82, 2.24) is 4.72 Å². The second-order valence-corrected chi connectivity index (χ2v) is 7.77. The molecule has 154 valence electrons. The Balaban J connectivity index is 2.03. The highest BCUT2D eigenvalue weighted by atomic mass is 32.2. The van der Waals surface area contributed by atoms with E-state index >= 15 is 0 Å². The number of furan rings is 1. The SMILES string of the molecule is CC(=N)/C(C(C)=O)=C(/O)COC(=O)c1ccc(S(=O)(=O)NCc2ccco2)cc1. The van der Waals surface area contributed by atoms with Gasteiger partial charge in [-0.05, 0) is 50.2 Å². The zero-order chi connectivity index (χ0) is 21.6. The Morgan fingerprint density at radius 2 is 1.83 bits per heavy atom. The summed E-state index contributed by atoms with van der Waals surface area (Å²) in [6.45, 7) is 1.91. The number of aliphatic hydroxyl groups excluding tert-OH is 1. The van der Waals surface area contributed by atoms with E-state index in [0.29, 0.717) is 5.76 Å². The number of esters is 1. The lowest BCUT2D eigenvalue weighted by Gasteiger charge is -2.09. The Kier molecular flexibility index (Phi) is 7.08. The number of nitrogens with one attached hydrogen (secondary N) is 2. The van der Waals surface area contributed by atoms with E-state index in [1.165, 1.54) is 44.4 Å². The van der Waals surface area contributed by atoms with Crippen molar-refractivity contribution in [2.24, 2.45) is 0 Å². The molecule has 2 rings (SSSR count). The second kappa shape index (κ2) is 9.30. The summed E-state index contributed by atoms with van der Waals surface area (Å²) in [5.74, 6) is -1.43. The molecule has 0 spiro atoms. The largest absolute Gasteiger partial charge is 0.508 e. The van der Waals surface area contributed by atoms with E-state index in [9.17, 15) is 23.1 Å². The van der Waals surface area contributed by atoms with E-state index < -0.39 is 34.1 Å². The van der Waals surface area contributed by atoms with Crippen LogP contribution in [0.15, 0.2) is 63.3 Å². The number of rotatable bonds is 9. The molecule has 0 bridgehead atoms. The van der Waals surface area contributed by atoms with Crippen LogP contribution in [-0.4, -0.2) is 37.6 Å². The monoisotopic (exact) mass is 420 g/mol. The molecule has 1 aromatic heterocycles. The molecule has 0 saturated carbocycles. The molecule has 0 saturated heterocycles. The van der Waals surface area contributed by atoms with E-state index in [0.717, 1.165) is 0 Å². The topological polar surface area (TPSA) is 147 Å². The Hall–Kier alpha value is -3.24. The van der Waals surface area contributed by atoms with Gasteiger partial charge in [-0.25, -0.2) is 17.9 Å². The number of aliphatic hydroxyl groups is 1. The fourth-order valence-corrected chi connectivity index (χ4v) is 3.40. The average Bonchev–Trinajstić information content (AvgIpc) is 3.18. The first-order valence-corrected chi connectivity index (χ1v) is 9.88. The maximum atomic E-state index is 12.3. The van der Waals surface area contributed by atoms with Gasteiger partial charge in [0, 0.05) is 5.71 Å². The Morgan fingerprint density at radius 3 is 2.34 bits per heavy atom. The van der Waals surface area contributed by atoms with Gasteiger partial charge in [0.15, 0.2) is 5.78 Å². The first kappa shape index (κ1) is 22.1. The number of carbonyl (C=O) groups excluding carboxylic acids is 2. The molecular weight excluding hydrogens is 400 g/mol. The van der Waals surface area contributed by atoms with Crippen LogP contribution in [0.3, 0.4) is 0 Å². The van der Waals surface area contributed by atoms with E-state index in [4.69, 9.17) is 14.6 Å². The predicted octanol–water partition coefficient (Wildman–Crippen LogP) is 2.36. The molecule has 0 aliphatic rings. The molecule has 3 N–H and O–H groups in total. The van der Waals surface area contributed by atoms with Crippen LogP contribution in [0.4, 0.5) is 0 Å². The third-order valence-corrected chi connectivity index (χ3v) is 5.19. The number of carbonyl (C=O) groups is 2. The lowest BCUT2D eigenvalue weighted by molar-refractivity contribution is -0.113. The van der Waals surface area contributed by atoms with Crippen molar-refractivity contribution in [2.75, 3.05) is 6.61 Å². The van der Waals surface area contributed by atoms with Gasteiger partial charge in [-0.15, -0.1) is 0 Å². The van der Waals surface area contributed by atoms with Crippen molar-refractivity contribution in [3.63, 3.8) is 0 Å². The molecule has 29 heavy (non-hydrogen) atoms. The first-order valence-electron chi connectivity index (χ1n) is 8.39. The number of Topliss-reactive ketones (excluding diaryl/α,β-unsaturated/α-hetero) is 1. The highest BCUT2D eigenvalue weighted by Crippen LogP contribution is 2.13. The highest BCUT2D eigenvalue weighted by Gasteiger charge is 2.18. The first-order chi connectivity index (χ1) is 13.6. The van der Waals surface area contributed by atoms with Crippen LogP contribution in [0.1, 0.15) is 30.0 Å². The molecule has 9 nitrogen and oxygen atoms in total. The maximum absolute atomic E-state index is 12.3. The highest BCUT2D eigenvalue weighted by molar-refractivity contribution is 7.89. The van der Waals surface area contributed by atoms with Crippen molar-refractivity contribution >= 4 is 27.5 Å². The van der Waals surface area contributed by atoms with Gasteiger partial charge in [-0.2, -0.15) is 0 Å².